The second kappa shape index (κ2) is 5.51. The van der Waals surface area contributed by atoms with E-state index in [0.717, 1.165) is 19.0 Å². The number of halogens is 1. The smallest absolute Gasteiger partial charge is 0.0704 e. The van der Waals surface area contributed by atoms with Crippen molar-refractivity contribution in [1.29, 1.82) is 0 Å². The molecule has 1 saturated carbocycles. The summed E-state index contributed by atoms with van der Waals surface area (Å²) in [6.45, 7) is 4.31. The van der Waals surface area contributed by atoms with Crippen molar-refractivity contribution in [3.05, 3.63) is 0 Å². The number of alkyl halides is 1. The minimum absolute atomic E-state index is 0.430. The van der Waals surface area contributed by atoms with Gasteiger partial charge in [0.1, 0.15) is 0 Å². The molecule has 0 radical (unpaired) electrons. The highest BCUT2D eigenvalue weighted by Crippen LogP contribution is 2.28. The van der Waals surface area contributed by atoms with Crippen LogP contribution in [0.4, 0.5) is 0 Å². The van der Waals surface area contributed by atoms with E-state index in [1.165, 1.54) is 32.1 Å². The van der Waals surface area contributed by atoms with Crippen LogP contribution in [0, 0.1) is 5.92 Å². The maximum absolute atomic E-state index is 6.08. The van der Waals surface area contributed by atoms with Gasteiger partial charge in [-0.05, 0) is 51.5 Å². The summed E-state index contributed by atoms with van der Waals surface area (Å²) in [4.78, 5) is 0. The molecular formula is C12H22ClNO. The lowest BCUT2D eigenvalue weighted by Crippen LogP contribution is -2.30. The van der Waals surface area contributed by atoms with Gasteiger partial charge in [-0.3, -0.25) is 0 Å². The summed E-state index contributed by atoms with van der Waals surface area (Å²) < 4.78 is 5.76. The molecule has 1 aliphatic heterocycles. The molecule has 2 nitrogen and oxygen atoms in total. The van der Waals surface area contributed by atoms with Gasteiger partial charge in [0, 0.05) is 11.9 Å². The Hall–Kier alpha value is 0.210. The molecule has 0 amide bonds. The lowest BCUT2D eigenvalue weighted by molar-refractivity contribution is 0.0556. The molecule has 4 atom stereocenters. The maximum atomic E-state index is 6.08. The van der Waals surface area contributed by atoms with Gasteiger partial charge in [0.05, 0.1) is 12.2 Å². The number of hydrogen-bond donors (Lipinski definition) is 1. The summed E-state index contributed by atoms with van der Waals surface area (Å²) in [5.74, 6) is 0.798. The highest BCUT2D eigenvalue weighted by molar-refractivity contribution is 6.20. The van der Waals surface area contributed by atoms with Crippen LogP contribution in [-0.2, 0) is 4.74 Å². The second-order valence-corrected chi connectivity index (χ2v) is 5.70. The van der Waals surface area contributed by atoms with E-state index in [1.54, 1.807) is 0 Å². The molecule has 2 rings (SSSR count). The van der Waals surface area contributed by atoms with Crippen LogP contribution in [0.3, 0.4) is 0 Å². The largest absolute Gasteiger partial charge is 0.374 e. The normalized spacial score (nSPS) is 41.2. The van der Waals surface area contributed by atoms with Crippen molar-refractivity contribution in [1.82, 2.24) is 5.32 Å². The van der Waals surface area contributed by atoms with E-state index in [1.807, 2.05) is 0 Å². The fourth-order valence-electron chi connectivity index (χ4n) is 2.68. The summed E-state index contributed by atoms with van der Waals surface area (Å²) in [7, 11) is 0. The van der Waals surface area contributed by atoms with E-state index >= 15 is 0 Å². The Labute approximate surface area is 97.7 Å². The minimum Gasteiger partial charge on any atom is -0.374 e. The van der Waals surface area contributed by atoms with Gasteiger partial charge in [-0.2, -0.15) is 0 Å². The summed E-state index contributed by atoms with van der Waals surface area (Å²) in [6, 6.07) is 0. The first-order valence-electron chi connectivity index (χ1n) is 6.24. The zero-order valence-electron chi connectivity index (χ0n) is 9.55. The van der Waals surface area contributed by atoms with Gasteiger partial charge in [-0.1, -0.05) is 0 Å². The van der Waals surface area contributed by atoms with Gasteiger partial charge >= 0.3 is 0 Å². The molecule has 15 heavy (non-hydrogen) atoms. The first kappa shape index (κ1) is 11.7. The summed E-state index contributed by atoms with van der Waals surface area (Å²) in [5.41, 5.74) is 0. The van der Waals surface area contributed by atoms with Gasteiger partial charge < -0.3 is 10.1 Å². The quantitative estimate of drug-likeness (QED) is 0.751. The number of hydrogen-bond acceptors (Lipinski definition) is 2. The molecule has 1 saturated heterocycles. The van der Waals surface area contributed by atoms with E-state index in [-0.39, 0.29) is 0 Å². The van der Waals surface area contributed by atoms with Crippen LogP contribution >= 0.6 is 11.6 Å². The van der Waals surface area contributed by atoms with Crippen LogP contribution in [0.2, 0.25) is 0 Å². The third-order valence-corrected chi connectivity index (χ3v) is 4.00. The molecule has 0 aromatic carbocycles. The van der Waals surface area contributed by atoms with Gasteiger partial charge in [0.2, 0.25) is 0 Å². The monoisotopic (exact) mass is 231 g/mol. The average molecular weight is 232 g/mol. The highest BCUT2D eigenvalue weighted by atomic mass is 35.5. The van der Waals surface area contributed by atoms with Crippen LogP contribution in [0.15, 0.2) is 0 Å². The van der Waals surface area contributed by atoms with Crippen molar-refractivity contribution in [3.63, 3.8) is 0 Å². The van der Waals surface area contributed by atoms with Crippen molar-refractivity contribution in [2.75, 3.05) is 13.1 Å². The molecular weight excluding hydrogens is 210 g/mol. The molecule has 1 N–H and O–H groups in total. The number of rotatable bonds is 4. The molecule has 0 spiro atoms. The summed E-state index contributed by atoms with van der Waals surface area (Å²) in [6.07, 6.45) is 7.05. The number of ether oxygens (including phenoxy) is 1. The van der Waals surface area contributed by atoms with Crippen LogP contribution in [0.5, 0.6) is 0 Å². The Balaban J connectivity index is 1.55. The molecule has 1 heterocycles. The third-order valence-electron chi connectivity index (χ3n) is 3.60. The first-order chi connectivity index (χ1) is 7.24. The van der Waals surface area contributed by atoms with Crippen LogP contribution in [-0.4, -0.2) is 30.7 Å². The van der Waals surface area contributed by atoms with Crippen molar-refractivity contribution in [2.45, 2.75) is 56.6 Å². The van der Waals surface area contributed by atoms with Crippen molar-refractivity contribution in [2.24, 2.45) is 5.92 Å². The Morgan fingerprint density at radius 2 is 2.07 bits per heavy atom. The minimum atomic E-state index is 0.430. The van der Waals surface area contributed by atoms with Crippen LogP contribution < -0.4 is 5.32 Å². The van der Waals surface area contributed by atoms with E-state index in [2.05, 4.69) is 12.2 Å². The lowest BCUT2D eigenvalue weighted by atomic mass is 10.1. The summed E-state index contributed by atoms with van der Waals surface area (Å²) in [5, 5.41) is 3.96. The fraction of sp³-hybridized carbons (Fsp3) is 1.00. The molecule has 88 valence electrons. The van der Waals surface area contributed by atoms with E-state index in [4.69, 9.17) is 16.3 Å². The predicted octanol–water partition coefficient (Wildman–Crippen LogP) is 2.55. The zero-order chi connectivity index (χ0) is 10.7. The van der Waals surface area contributed by atoms with Crippen LogP contribution in [0.1, 0.15) is 39.0 Å². The molecule has 3 heteroatoms. The Bertz CT molecular complexity index is 180. The topological polar surface area (TPSA) is 21.3 Å². The van der Waals surface area contributed by atoms with Crippen molar-refractivity contribution in [3.8, 4) is 0 Å². The summed E-state index contributed by atoms with van der Waals surface area (Å²) >= 11 is 6.08. The molecule has 2 aliphatic rings. The fourth-order valence-corrected chi connectivity index (χ4v) is 3.06. The predicted molar refractivity (Wildman–Crippen MR) is 63.4 cm³/mol. The molecule has 2 fully saturated rings. The molecule has 1 aliphatic carbocycles. The molecule has 0 aromatic heterocycles. The van der Waals surface area contributed by atoms with Crippen molar-refractivity contribution < 1.29 is 4.74 Å². The van der Waals surface area contributed by atoms with Gasteiger partial charge in [-0.15, -0.1) is 11.6 Å². The Kier molecular flexibility index (Phi) is 4.30. The van der Waals surface area contributed by atoms with Gasteiger partial charge in [0.15, 0.2) is 0 Å². The van der Waals surface area contributed by atoms with Gasteiger partial charge in [0.25, 0.3) is 0 Å². The third kappa shape index (κ3) is 3.61. The van der Waals surface area contributed by atoms with E-state index in [0.29, 0.717) is 17.6 Å². The zero-order valence-corrected chi connectivity index (χ0v) is 10.3. The first-order valence-corrected chi connectivity index (χ1v) is 6.68. The maximum Gasteiger partial charge on any atom is 0.0704 e. The SMILES string of the molecule is CC1CCC(CNCC2CCC(Cl)C2)O1. The average Bonchev–Trinajstić information content (AvgIpc) is 2.76. The molecule has 0 aromatic rings. The lowest BCUT2D eigenvalue weighted by Gasteiger charge is -2.15. The molecule has 4 unspecified atom stereocenters. The van der Waals surface area contributed by atoms with Crippen LogP contribution in [0.25, 0.3) is 0 Å². The van der Waals surface area contributed by atoms with E-state index < -0.39 is 0 Å². The number of nitrogens with one attached hydrogen (secondary N) is 1. The second-order valence-electron chi connectivity index (χ2n) is 5.08. The van der Waals surface area contributed by atoms with E-state index in [9.17, 15) is 0 Å². The van der Waals surface area contributed by atoms with Crippen molar-refractivity contribution >= 4 is 11.6 Å². The molecule has 0 bridgehead atoms. The Morgan fingerprint density at radius 3 is 2.67 bits per heavy atom. The van der Waals surface area contributed by atoms with Gasteiger partial charge in [-0.25, -0.2) is 0 Å². The standard InChI is InChI=1S/C12H22ClNO/c1-9-2-5-12(15-9)8-14-7-10-3-4-11(13)6-10/h9-12,14H,2-8H2,1H3. The Morgan fingerprint density at radius 1 is 1.20 bits per heavy atom. The highest BCUT2D eigenvalue weighted by Gasteiger charge is 2.24.